The van der Waals surface area contributed by atoms with E-state index in [2.05, 4.69) is 20.6 Å². The van der Waals surface area contributed by atoms with Crippen LogP contribution in [0.5, 0.6) is 0 Å². The highest BCUT2D eigenvalue weighted by Gasteiger charge is 2.53. The zero-order chi connectivity index (χ0) is 25.6. The summed E-state index contributed by atoms with van der Waals surface area (Å²) in [6, 6.07) is -0.792. The van der Waals surface area contributed by atoms with Crippen molar-refractivity contribution in [1.29, 1.82) is 0 Å². The average Bonchev–Trinajstić information content (AvgIpc) is 3.36. The third kappa shape index (κ3) is 5.66. The predicted octanol–water partition coefficient (Wildman–Crippen LogP) is -2.21. The summed E-state index contributed by atoms with van der Waals surface area (Å²) in [6.07, 6.45) is -5.86. The van der Waals surface area contributed by atoms with Crippen LogP contribution in [0.15, 0.2) is 9.98 Å². The van der Waals surface area contributed by atoms with E-state index < -0.39 is 59.9 Å². The van der Waals surface area contributed by atoms with E-state index in [0.29, 0.717) is 10.3 Å². The number of nitrogens with one attached hydrogen (secondary N) is 2. The van der Waals surface area contributed by atoms with E-state index in [1.165, 1.54) is 23.5 Å². The maximum Gasteiger partial charge on any atom is 0.159 e. The largest absolute Gasteiger partial charge is 0.388 e. The Morgan fingerprint density at radius 1 is 0.676 bits per heavy atom. The van der Waals surface area contributed by atoms with E-state index in [9.17, 15) is 30.6 Å². The zero-order valence-electron chi connectivity index (χ0n) is 20.0. The first-order chi connectivity index (χ1) is 15.7. The molecule has 34 heavy (non-hydrogen) atoms. The molecule has 4 fully saturated rings. The summed E-state index contributed by atoms with van der Waals surface area (Å²) in [5, 5.41) is 67.1. The summed E-state index contributed by atoms with van der Waals surface area (Å²) in [7, 11) is 3.28. The molecular weight excluding hydrogens is 488 g/mol. The second-order valence-corrected chi connectivity index (χ2v) is 11.9. The van der Waals surface area contributed by atoms with Gasteiger partial charge in [0.15, 0.2) is 10.3 Å². The van der Waals surface area contributed by atoms with Crippen LogP contribution in [0.3, 0.4) is 0 Å². The van der Waals surface area contributed by atoms with Crippen LogP contribution in [0.4, 0.5) is 0 Å². The molecule has 196 valence electrons. The summed E-state index contributed by atoms with van der Waals surface area (Å²) in [5.74, 6) is 0. The number of hydrogen-bond acceptors (Lipinski definition) is 12. The zero-order valence-corrected chi connectivity index (χ0v) is 21.6. The van der Waals surface area contributed by atoms with Gasteiger partial charge in [0.05, 0.1) is 23.3 Å². The van der Waals surface area contributed by atoms with Gasteiger partial charge in [-0.05, 0) is 27.7 Å². The normalized spacial score (nSPS) is 44.6. The van der Waals surface area contributed by atoms with E-state index in [0.717, 1.165) is 0 Å². The number of aliphatic imine (C=N–C) groups is 2. The van der Waals surface area contributed by atoms with Gasteiger partial charge in [-0.3, -0.25) is 9.98 Å². The van der Waals surface area contributed by atoms with Crippen LogP contribution in [0, 0.1) is 0 Å². The minimum Gasteiger partial charge on any atom is -0.388 e. The molecule has 4 rings (SSSR count). The van der Waals surface area contributed by atoms with Crippen molar-refractivity contribution in [3.63, 3.8) is 0 Å². The van der Waals surface area contributed by atoms with Gasteiger partial charge < -0.3 is 50.7 Å². The van der Waals surface area contributed by atoms with Crippen LogP contribution >= 0.6 is 23.5 Å². The quantitative estimate of drug-likeness (QED) is 0.195. The summed E-state index contributed by atoms with van der Waals surface area (Å²) >= 11 is 2.71. The van der Waals surface area contributed by atoms with Gasteiger partial charge in [-0.25, -0.2) is 0 Å². The van der Waals surface area contributed by atoms with E-state index in [1.54, 1.807) is 41.8 Å². The first kappa shape index (κ1) is 27.9. The number of fused-ring (bicyclic) bond motifs is 2. The Balaban J connectivity index is 0.000000191. The Hall–Kier alpha value is -0.680. The number of aliphatic hydroxyl groups excluding tert-OH is 4. The Bertz CT molecular complexity index is 726. The molecule has 10 atom stereocenters. The number of hydrogen-bond donors (Lipinski definition) is 8. The lowest BCUT2D eigenvalue weighted by Crippen LogP contribution is -2.63. The highest BCUT2D eigenvalue weighted by atomic mass is 32.2. The molecule has 12 nitrogen and oxygen atoms in total. The molecule has 0 unspecified atom stereocenters. The maximum absolute atomic E-state index is 10.0. The third-order valence-electron chi connectivity index (χ3n) is 6.04. The Kier molecular flexibility index (Phi) is 8.50. The molecule has 4 saturated heterocycles. The molecule has 4 aliphatic rings. The number of amidine groups is 2. The minimum absolute atomic E-state index is 0.344. The first-order valence-corrected chi connectivity index (χ1v) is 12.7. The van der Waals surface area contributed by atoms with Crippen molar-refractivity contribution in [3.05, 3.63) is 0 Å². The molecule has 8 N–H and O–H groups in total. The molecule has 4 aliphatic heterocycles. The Labute approximate surface area is 207 Å². The van der Waals surface area contributed by atoms with Crippen LogP contribution in [0.2, 0.25) is 0 Å². The van der Waals surface area contributed by atoms with E-state index >= 15 is 0 Å². The number of nitrogens with zero attached hydrogens (tertiary/aromatic N) is 2. The fraction of sp³-hybridized carbons (Fsp3) is 0.900. The highest BCUT2D eigenvalue weighted by Crippen LogP contribution is 2.38. The summed E-state index contributed by atoms with van der Waals surface area (Å²) < 4.78 is 11.3. The van der Waals surface area contributed by atoms with Crippen molar-refractivity contribution >= 4 is 33.9 Å². The third-order valence-corrected chi connectivity index (χ3v) is 8.36. The van der Waals surface area contributed by atoms with Gasteiger partial charge in [-0.2, -0.15) is 0 Å². The number of thioether (sulfide) groups is 2. The van der Waals surface area contributed by atoms with Crippen LogP contribution in [-0.4, -0.2) is 126 Å². The highest BCUT2D eigenvalue weighted by molar-refractivity contribution is 8.14. The molecule has 0 aromatic carbocycles. The molecule has 4 heterocycles. The molecular formula is C20H36N4O8S2. The standard InChI is InChI=1S/2C10H18N2O4S/c2*1-10(2,15)7-6(14)5(13)4-8(16-7)17-9(11-3)12-4/h2*4-8,13-15H,1-3H3,(H,11,12)/t2*4-,5-,6+,7+,8-/m11/s1. The van der Waals surface area contributed by atoms with Gasteiger partial charge in [-0.15, -0.1) is 0 Å². The topological polar surface area (TPSA) is 189 Å². The smallest absolute Gasteiger partial charge is 0.159 e. The van der Waals surface area contributed by atoms with Crippen molar-refractivity contribution in [2.75, 3.05) is 14.1 Å². The monoisotopic (exact) mass is 524 g/mol. The summed E-state index contributed by atoms with van der Waals surface area (Å²) in [6.45, 7) is 6.21. The fourth-order valence-corrected chi connectivity index (χ4v) is 6.37. The van der Waals surface area contributed by atoms with Gasteiger partial charge >= 0.3 is 0 Å². The van der Waals surface area contributed by atoms with Gasteiger partial charge in [0.2, 0.25) is 0 Å². The van der Waals surface area contributed by atoms with Crippen LogP contribution < -0.4 is 10.6 Å². The van der Waals surface area contributed by atoms with Crippen molar-refractivity contribution in [3.8, 4) is 0 Å². The molecule has 0 aromatic rings. The van der Waals surface area contributed by atoms with Crippen molar-refractivity contribution in [2.24, 2.45) is 9.98 Å². The Morgan fingerprint density at radius 2 is 1.00 bits per heavy atom. The number of ether oxygens (including phenoxy) is 2. The maximum atomic E-state index is 10.0. The summed E-state index contributed by atoms with van der Waals surface area (Å²) in [4.78, 5) is 7.98. The van der Waals surface area contributed by atoms with E-state index in [1.807, 2.05) is 0 Å². The lowest BCUT2D eigenvalue weighted by atomic mass is 9.88. The molecule has 0 aliphatic carbocycles. The minimum atomic E-state index is -1.21. The first-order valence-electron chi connectivity index (χ1n) is 11.0. The van der Waals surface area contributed by atoms with Crippen molar-refractivity contribution in [1.82, 2.24) is 10.6 Å². The van der Waals surface area contributed by atoms with E-state index in [4.69, 9.17) is 9.47 Å². The van der Waals surface area contributed by atoms with Gasteiger partial charge in [0.1, 0.15) is 47.5 Å². The Morgan fingerprint density at radius 3 is 1.26 bits per heavy atom. The second-order valence-electron chi connectivity index (χ2n) is 9.75. The van der Waals surface area contributed by atoms with Crippen LogP contribution in [-0.2, 0) is 9.47 Å². The predicted molar refractivity (Wildman–Crippen MR) is 130 cm³/mol. The second kappa shape index (κ2) is 10.4. The SMILES string of the molecule is CN=C1N[C@@H]2[C@@H](O)[C@H](O)[C@@H](C(C)(C)O)O[C@@H]2S1.CN=C1N[C@@H]2[C@@H](O)[C@H](O)[C@@H](C(C)(C)O)O[C@@H]2S1. The van der Waals surface area contributed by atoms with Crippen molar-refractivity contribution < 1.29 is 40.1 Å². The molecule has 0 radical (unpaired) electrons. The lowest BCUT2D eigenvalue weighted by molar-refractivity contribution is -0.210. The van der Waals surface area contributed by atoms with Crippen LogP contribution in [0.25, 0.3) is 0 Å². The molecule has 0 aromatic heterocycles. The number of rotatable bonds is 2. The molecule has 0 amide bonds. The van der Waals surface area contributed by atoms with Gasteiger partial charge in [-0.1, -0.05) is 23.5 Å². The summed E-state index contributed by atoms with van der Waals surface area (Å²) in [5.41, 5.74) is -3.11. The lowest BCUT2D eigenvalue weighted by Gasteiger charge is -2.43. The fourth-order valence-electron chi connectivity index (χ4n) is 4.21. The molecule has 14 heteroatoms. The van der Waals surface area contributed by atoms with E-state index in [-0.39, 0.29) is 10.9 Å². The number of aliphatic hydroxyl groups is 6. The molecule has 0 saturated carbocycles. The molecule has 0 bridgehead atoms. The van der Waals surface area contributed by atoms with Crippen LogP contribution in [0.1, 0.15) is 27.7 Å². The van der Waals surface area contributed by atoms with Gasteiger partial charge in [0.25, 0.3) is 0 Å². The molecule has 0 spiro atoms. The van der Waals surface area contributed by atoms with Gasteiger partial charge in [0, 0.05) is 14.1 Å². The van der Waals surface area contributed by atoms with Crippen molar-refractivity contribution in [2.45, 2.75) is 98.5 Å². The average molecular weight is 525 g/mol.